The van der Waals surface area contributed by atoms with Gasteiger partial charge in [-0.3, -0.25) is 0 Å². The molecule has 1 atom stereocenters. The van der Waals surface area contributed by atoms with E-state index in [0.29, 0.717) is 5.56 Å². The van der Waals surface area contributed by atoms with Gasteiger partial charge < -0.3 is 0 Å². The standard InChI is InChI=1S/C12H7Br3F2S/c1-5-2-3-7(16)9(11(5)17)10(14)6-4-8(13)18-12(6)15/h2-4,10H,1H3. The Morgan fingerprint density at radius 3 is 2.44 bits per heavy atom. The highest BCUT2D eigenvalue weighted by atomic mass is 79.9. The molecular weight excluding hydrogens is 454 g/mol. The minimum atomic E-state index is -0.547. The summed E-state index contributed by atoms with van der Waals surface area (Å²) in [5.41, 5.74) is 1.28. The number of hydrogen-bond acceptors (Lipinski definition) is 1. The fourth-order valence-corrected chi connectivity index (χ4v) is 5.73. The van der Waals surface area contributed by atoms with Gasteiger partial charge in [0, 0.05) is 5.56 Å². The molecule has 2 rings (SSSR count). The first-order valence-electron chi connectivity index (χ1n) is 4.95. The Labute approximate surface area is 133 Å². The maximum atomic E-state index is 14.0. The quantitative estimate of drug-likeness (QED) is 0.458. The molecule has 1 unspecified atom stereocenters. The Morgan fingerprint density at radius 1 is 1.22 bits per heavy atom. The lowest BCUT2D eigenvalue weighted by atomic mass is 10.0. The van der Waals surface area contributed by atoms with Crippen LogP contribution in [0.1, 0.15) is 21.5 Å². The third-order valence-electron chi connectivity index (χ3n) is 2.53. The molecule has 96 valence electrons. The predicted octanol–water partition coefficient (Wildman–Crippen LogP) is 6.34. The van der Waals surface area contributed by atoms with Crippen LogP contribution in [0.3, 0.4) is 0 Å². The minimum absolute atomic E-state index is 0.0426. The molecule has 2 aromatic rings. The van der Waals surface area contributed by atoms with E-state index in [2.05, 4.69) is 47.8 Å². The number of hydrogen-bond donors (Lipinski definition) is 0. The van der Waals surface area contributed by atoms with Gasteiger partial charge in [0.15, 0.2) is 0 Å². The molecular formula is C12H7Br3F2S. The Kier molecular flexibility index (Phi) is 4.62. The Morgan fingerprint density at radius 2 is 1.89 bits per heavy atom. The summed E-state index contributed by atoms with van der Waals surface area (Å²) < 4.78 is 29.6. The highest BCUT2D eigenvalue weighted by Crippen LogP contribution is 2.43. The van der Waals surface area contributed by atoms with Gasteiger partial charge in [-0.25, -0.2) is 8.78 Å². The van der Waals surface area contributed by atoms with Crippen LogP contribution in [0, 0.1) is 18.6 Å². The van der Waals surface area contributed by atoms with Crippen LogP contribution >= 0.6 is 59.1 Å². The van der Waals surface area contributed by atoms with Gasteiger partial charge in [-0.1, -0.05) is 22.0 Å². The molecule has 18 heavy (non-hydrogen) atoms. The van der Waals surface area contributed by atoms with Crippen molar-refractivity contribution in [3.05, 3.63) is 54.1 Å². The van der Waals surface area contributed by atoms with Gasteiger partial charge >= 0.3 is 0 Å². The number of alkyl halides is 1. The van der Waals surface area contributed by atoms with Crippen LogP contribution in [0.4, 0.5) is 8.78 Å². The van der Waals surface area contributed by atoms with Gasteiger partial charge in [-0.15, -0.1) is 11.3 Å². The van der Waals surface area contributed by atoms with Crippen LogP contribution in [0.2, 0.25) is 0 Å². The molecule has 0 bridgehead atoms. The predicted molar refractivity (Wildman–Crippen MR) is 81.6 cm³/mol. The molecule has 0 fully saturated rings. The summed E-state index contributed by atoms with van der Waals surface area (Å²) in [6.07, 6.45) is 0. The zero-order valence-electron chi connectivity index (χ0n) is 9.11. The lowest BCUT2D eigenvalue weighted by molar-refractivity contribution is 0.555. The molecule has 0 saturated heterocycles. The average Bonchev–Trinajstić information content (AvgIpc) is 2.63. The summed E-state index contributed by atoms with van der Waals surface area (Å²) in [4.78, 5) is -0.519. The van der Waals surface area contributed by atoms with Crippen molar-refractivity contribution in [2.75, 3.05) is 0 Å². The number of thiophene rings is 1. The lowest BCUT2D eigenvalue weighted by Gasteiger charge is -2.13. The molecule has 1 heterocycles. The molecule has 6 heteroatoms. The van der Waals surface area contributed by atoms with E-state index in [-0.39, 0.29) is 5.56 Å². The molecule has 0 spiro atoms. The summed E-state index contributed by atoms with van der Waals surface area (Å²) in [5, 5.41) is 0. The Hall–Kier alpha value is 0.220. The zero-order chi connectivity index (χ0) is 13.4. The van der Waals surface area contributed by atoms with E-state index in [1.54, 1.807) is 6.92 Å². The molecule has 0 nitrogen and oxygen atoms in total. The summed E-state index contributed by atoms with van der Waals surface area (Å²) in [6.45, 7) is 1.62. The van der Waals surface area contributed by atoms with Gasteiger partial charge in [-0.05, 0) is 62.0 Å². The second-order valence-electron chi connectivity index (χ2n) is 3.73. The zero-order valence-corrected chi connectivity index (χ0v) is 14.7. The molecule has 0 aliphatic carbocycles. The summed E-state index contributed by atoms with van der Waals surface area (Å²) in [6, 6.07) is 4.57. The van der Waals surface area contributed by atoms with E-state index in [1.165, 1.54) is 23.5 Å². The highest BCUT2D eigenvalue weighted by Gasteiger charge is 2.23. The van der Waals surface area contributed by atoms with Crippen molar-refractivity contribution in [3.8, 4) is 0 Å². The first-order chi connectivity index (χ1) is 8.41. The molecule has 0 N–H and O–H groups in total. The molecule has 0 amide bonds. The molecule has 1 aromatic carbocycles. The summed E-state index contributed by atoms with van der Waals surface area (Å²) in [7, 11) is 0. The monoisotopic (exact) mass is 458 g/mol. The van der Waals surface area contributed by atoms with Crippen molar-refractivity contribution in [3.63, 3.8) is 0 Å². The number of halogens is 5. The molecule has 0 radical (unpaired) electrons. The van der Waals surface area contributed by atoms with E-state index < -0.39 is 16.5 Å². The minimum Gasteiger partial charge on any atom is -0.207 e. The van der Waals surface area contributed by atoms with E-state index >= 15 is 0 Å². The fraction of sp³-hybridized carbons (Fsp3) is 0.167. The van der Waals surface area contributed by atoms with Crippen LogP contribution in [0.15, 0.2) is 25.8 Å². The van der Waals surface area contributed by atoms with Gasteiger partial charge in [0.25, 0.3) is 0 Å². The van der Waals surface area contributed by atoms with Gasteiger partial charge in [-0.2, -0.15) is 0 Å². The normalized spacial score (nSPS) is 12.8. The molecule has 1 aromatic heterocycles. The second kappa shape index (κ2) is 5.69. The maximum Gasteiger partial charge on any atom is 0.133 e. The summed E-state index contributed by atoms with van der Waals surface area (Å²) >= 11 is 11.6. The van der Waals surface area contributed by atoms with E-state index in [9.17, 15) is 8.78 Å². The lowest BCUT2D eigenvalue weighted by Crippen LogP contribution is -2.02. The van der Waals surface area contributed by atoms with Crippen LogP contribution in [-0.2, 0) is 0 Å². The molecule has 0 saturated carbocycles. The van der Waals surface area contributed by atoms with Crippen molar-refractivity contribution in [2.24, 2.45) is 0 Å². The smallest absolute Gasteiger partial charge is 0.133 e. The van der Waals surface area contributed by atoms with Crippen LogP contribution in [-0.4, -0.2) is 0 Å². The third-order valence-corrected chi connectivity index (χ3v) is 5.87. The van der Waals surface area contributed by atoms with E-state index in [4.69, 9.17) is 0 Å². The Balaban J connectivity index is 2.56. The van der Waals surface area contributed by atoms with Crippen LogP contribution in [0.25, 0.3) is 0 Å². The topological polar surface area (TPSA) is 0 Å². The largest absolute Gasteiger partial charge is 0.207 e. The van der Waals surface area contributed by atoms with Gasteiger partial charge in [0.2, 0.25) is 0 Å². The first kappa shape index (κ1) is 14.6. The van der Waals surface area contributed by atoms with Crippen LogP contribution in [0.5, 0.6) is 0 Å². The maximum absolute atomic E-state index is 14.0. The van der Waals surface area contributed by atoms with E-state index in [0.717, 1.165) is 13.1 Å². The van der Waals surface area contributed by atoms with Crippen LogP contribution < -0.4 is 0 Å². The Bertz CT molecular complexity index is 595. The van der Waals surface area contributed by atoms with E-state index in [1.807, 2.05) is 6.07 Å². The number of benzene rings is 1. The van der Waals surface area contributed by atoms with Gasteiger partial charge in [0.1, 0.15) is 11.6 Å². The average molecular weight is 461 g/mol. The summed E-state index contributed by atoms with van der Waals surface area (Å²) in [5.74, 6) is -1.06. The first-order valence-corrected chi connectivity index (χ1v) is 8.27. The van der Waals surface area contributed by atoms with Crippen molar-refractivity contribution in [2.45, 2.75) is 11.8 Å². The van der Waals surface area contributed by atoms with Crippen molar-refractivity contribution >= 4 is 59.1 Å². The highest BCUT2D eigenvalue weighted by molar-refractivity contribution is 9.12. The fourth-order valence-electron chi connectivity index (χ4n) is 1.59. The SMILES string of the molecule is Cc1ccc(F)c(C(Br)c2cc(Br)sc2Br)c1F. The molecule has 0 aliphatic heterocycles. The van der Waals surface area contributed by atoms with Gasteiger partial charge in [0.05, 0.1) is 12.4 Å². The van der Waals surface area contributed by atoms with Crippen molar-refractivity contribution in [1.82, 2.24) is 0 Å². The van der Waals surface area contributed by atoms with Crippen molar-refractivity contribution in [1.29, 1.82) is 0 Å². The number of aryl methyl sites for hydroxylation is 1. The number of rotatable bonds is 2. The van der Waals surface area contributed by atoms with Crippen molar-refractivity contribution < 1.29 is 8.78 Å². The third kappa shape index (κ3) is 2.71. The molecule has 0 aliphatic rings. The second-order valence-corrected chi connectivity index (χ2v) is 8.40.